The first-order valence-corrected chi connectivity index (χ1v) is 12.1. The number of nitrogens with one attached hydrogen (secondary N) is 1. The molecule has 2 aromatic carbocycles. The van der Waals surface area contributed by atoms with Crippen LogP contribution >= 0.6 is 11.8 Å². The molecule has 1 atom stereocenters. The van der Waals surface area contributed by atoms with Crippen LogP contribution in [0.15, 0.2) is 115 Å². The topological polar surface area (TPSA) is 85.6 Å². The smallest absolute Gasteiger partial charge is 0.231 e. The van der Waals surface area contributed by atoms with Crippen molar-refractivity contribution in [3.63, 3.8) is 0 Å². The van der Waals surface area contributed by atoms with Gasteiger partial charge in [-0.1, -0.05) is 66.4 Å². The first kappa shape index (κ1) is 22.5. The Labute approximate surface area is 207 Å². The van der Waals surface area contributed by atoms with Gasteiger partial charge >= 0.3 is 0 Å². The Morgan fingerprint density at radius 1 is 0.857 bits per heavy atom. The van der Waals surface area contributed by atoms with E-state index in [1.807, 2.05) is 95.6 Å². The third-order valence-electron chi connectivity index (χ3n) is 5.32. The number of pyridine rings is 2. The lowest BCUT2D eigenvalue weighted by atomic mass is 10.0. The first-order valence-electron chi connectivity index (χ1n) is 11.1. The number of rotatable bonds is 8. The summed E-state index contributed by atoms with van der Waals surface area (Å²) in [7, 11) is 0. The van der Waals surface area contributed by atoms with Crippen molar-refractivity contribution < 1.29 is 4.79 Å². The molecule has 0 bridgehead atoms. The zero-order valence-corrected chi connectivity index (χ0v) is 19.5. The lowest BCUT2D eigenvalue weighted by molar-refractivity contribution is -0.119. The van der Waals surface area contributed by atoms with Crippen molar-refractivity contribution in [1.82, 2.24) is 30.0 Å². The summed E-state index contributed by atoms with van der Waals surface area (Å²) in [6, 6.07) is 28.8. The fourth-order valence-corrected chi connectivity index (χ4v) is 4.47. The van der Waals surface area contributed by atoms with Crippen molar-refractivity contribution in [1.29, 1.82) is 0 Å². The average Bonchev–Trinajstić information content (AvgIpc) is 3.36. The van der Waals surface area contributed by atoms with Crippen molar-refractivity contribution in [2.45, 2.75) is 11.2 Å². The van der Waals surface area contributed by atoms with E-state index in [0.717, 1.165) is 22.5 Å². The Morgan fingerprint density at radius 3 is 2.34 bits per heavy atom. The number of amides is 1. The van der Waals surface area contributed by atoms with E-state index in [-0.39, 0.29) is 17.7 Å². The quantitative estimate of drug-likeness (QED) is 0.325. The lowest BCUT2D eigenvalue weighted by Gasteiger charge is -2.19. The SMILES string of the molecule is O=C(CSc1nnc(-c2cccnc2)n1-c1ccccc1)NC(c1ccccc1)c1ccccn1. The minimum atomic E-state index is -0.344. The molecule has 3 aromatic heterocycles. The van der Waals surface area contributed by atoms with Crippen LogP contribution < -0.4 is 5.32 Å². The molecule has 1 unspecified atom stereocenters. The summed E-state index contributed by atoms with van der Waals surface area (Å²) in [6.45, 7) is 0. The van der Waals surface area contributed by atoms with Crippen LogP contribution in [0.5, 0.6) is 0 Å². The van der Waals surface area contributed by atoms with Gasteiger partial charge in [-0.2, -0.15) is 0 Å². The molecular weight excluding hydrogens is 456 g/mol. The Hall–Kier alpha value is -4.30. The van der Waals surface area contributed by atoms with Gasteiger partial charge in [-0.3, -0.25) is 19.3 Å². The molecule has 3 heterocycles. The van der Waals surface area contributed by atoms with Crippen molar-refractivity contribution in [3.05, 3.63) is 121 Å². The van der Waals surface area contributed by atoms with E-state index in [1.165, 1.54) is 11.8 Å². The van der Waals surface area contributed by atoms with Gasteiger partial charge in [0.2, 0.25) is 5.91 Å². The number of carbonyl (C=O) groups is 1. The molecule has 0 saturated heterocycles. The summed E-state index contributed by atoms with van der Waals surface area (Å²) >= 11 is 1.33. The maximum absolute atomic E-state index is 13.1. The number of benzene rings is 2. The normalized spacial score (nSPS) is 11.7. The second-order valence-electron chi connectivity index (χ2n) is 7.67. The molecule has 1 amide bonds. The van der Waals surface area contributed by atoms with Crippen molar-refractivity contribution >= 4 is 17.7 Å². The number of nitrogens with zero attached hydrogens (tertiary/aromatic N) is 5. The van der Waals surface area contributed by atoms with E-state index >= 15 is 0 Å². The summed E-state index contributed by atoms with van der Waals surface area (Å²) in [5.74, 6) is 0.719. The van der Waals surface area contributed by atoms with Crippen molar-refractivity contribution in [2.75, 3.05) is 5.75 Å². The summed E-state index contributed by atoms with van der Waals surface area (Å²) in [5, 5.41) is 12.6. The molecule has 5 rings (SSSR count). The number of carbonyl (C=O) groups excluding carboxylic acids is 1. The number of thioether (sulfide) groups is 1. The molecule has 0 aliphatic carbocycles. The van der Waals surface area contributed by atoms with E-state index in [9.17, 15) is 4.79 Å². The standard InChI is InChI=1S/C27H22N6OS/c34-24(30-25(20-10-3-1-4-11-20)23-15-7-8-17-29-23)19-35-27-32-31-26(21-12-9-16-28-18-21)33(27)22-13-5-2-6-14-22/h1-18,25H,19H2,(H,30,34). The third-order valence-corrected chi connectivity index (χ3v) is 6.25. The van der Waals surface area contributed by atoms with E-state index in [2.05, 4.69) is 25.5 Å². The Kier molecular flexibility index (Phi) is 6.91. The van der Waals surface area contributed by atoms with Gasteiger partial charge in [0, 0.05) is 29.8 Å². The predicted molar refractivity (Wildman–Crippen MR) is 136 cm³/mol. The third kappa shape index (κ3) is 5.28. The zero-order valence-electron chi connectivity index (χ0n) is 18.7. The predicted octanol–water partition coefficient (Wildman–Crippen LogP) is 4.72. The molecule has 0 saturated carbocycles. The van der Waals surface area contributed by atoms with Gasteiger partial charge in [0.1, 0.15) is 0 Å². The molecule has 172 valence electrons. The molecule has 0 aliphatic heterocycles. The van der Waals surface area contributed by atoms with Crippen LogP contribution in [0.25, 0.3) is 17.1 Å². The highest BCUT2D eigenvalue weighted by Crippen LogP contribution is 2.28. The van der Waals surface area contributed by atoms with Crippen molar-refractivity contribution in [2.24, 2.45) is 0 Å². The summed E-state index contributed by atoms with van der Waals surface area (Å²) in [5.41, 5.74) is 3.51. The monoisotopic (exact) mass is 478 g/mol. The summed E-state index contributed by atoms with van der Waals surface area (Å²) in [6.07, 6.45) is 5.20. The lowest BCUT2D eigenvalue weighted by Crippen LogP contribution is -2.31. The maximum Gasteiger partial charge on any atom is 0.231 e. The van der Waals surface area contributed by atoms with Crippen LogP contribution in [0, 0.1) is 0 Å². The first-order chi connectivity index (χ1) is 17.3. The average molecular weight is 479 g/mol. The molecule has 0 spiro atoms. The van der Waals surface area contributed by atoms with Crippen molar-refractivity contribution in [3.8, 4) is 17.1 Å². The molecule has 0 aliphatic rings. The highest BCUT2D eigenvalue weighted by molar-refractivity contribution is 7.99. The number of aromatic nitrogens is 5. The van der Waals surface area contributed by atoms with Gasteiger partial charge in [-0.25, -0.2) is 0 Å². The number of hydrogen-bond acceptors (Lipinski definition) is 6. The Balaban J connectivity index is 1.38. The minimum Gasteiger partial charge on any atom is -0.343 e. The van der Waals surface area contributed by atoms with Crippen LogP contribution in [0.1, 0.15) is 17.3 Å². The van der Waals surface area contributed by atoms with E-state index in [4.69, 9.17) is 0 Å². The summed E-state index contributed by atoms with van der Waals surface area (Å²) in [4.78, 5) is 21.7. The van der Waals surface area contributed by atoms with Gasteiger partial charge in [0.05, 0.1) is 17.5 Å². The van der Waals surface area contributed by atoms with Gasteiger partial charge in [-0.15, -0.1) is 10.2 Å². The molecule has 35 heavy (non-hydrogen) atoms. The van der Waals surface area contributed by atoms with Gasteiger partial charge < -0.3 is 5.32 Å². The molecule has 5 aromatic rings. The van der Waals surface area contributed by atoms with Crippen LogP contribution in [0.4, 0.5) is 0 Å². The second-order valence-corrected chi connectivity index (χ2v) is 8.62. The Bertz CT molecular complexity index is 1340. The molecule has 1 N–H and O–H groups in total. The highest BCUT2D eigenvalue weighted by Gasteiger charge is 2.20. The fourth-order valence-electron chi connectivity index (χ4n) is 3.71. The van der Waals surface area contributed by atoms with E-state index in [0.29, 0.717) is 11.0 Å². The van der Waals surface area contributed by atoms with Crippen LogP contribution in [0.3, 0.4) is 0 Å². The van der Waals surface area contributed by atoms with Crippen LogP contribution in [0.2, 0.25) is 0 Å². The molecule has 8 heteroatoms. The van der Waals surface area contributed by atoms with Gasteiger partial charge in [-0.05, 0) is 42.0 Å². The zero-order chi connectivity index (χ0) is 23.9. The molecule has 0 fully saturated rings. The van der Waals surface area contributed by atoms with E-state index in [1.54, 1.807) is 18.6 Å². The number of hydrogen-bond donors (Lipinski definition) is 1. The molecule has 0 radical (unpaired) electrons. The molecular formula is C27H22N6OS. The fraction of sp³-hybridized carbons (Fsp3) is 0.0741. The van der Waals surface area contributed by atoms with Crippen LogP contribution in [-0.4, -0.2) is 36.4 Å². The molecule has 7 nitrogen and oxygen atoms in total. The minimum absolute atomic E-state index is 0.125. The highest BCUT2D eigenvalue weighted by atomic mass is 32.2. The maximum atomic E-state index is 13.1. The second kappa shape index (κ2) is 10.8. The van der Waals surface area contributed by atoms with Gasteiger partial charge in [0.15, 0.2) is 11.0 Å². The number of para-hydroxylation sites is 1. The summed E-state index contributed by atoms with van der Waals surface area (Å²) < 4.78 is 1.95. The van der Waals surface area contributed by atoms with E-state index < -0.39 is 0 Å². The van der Waals surface area contributed by atoms with Crippen LogP contribution in [-0.2, 0) is 4.79 Å². The largest absolute Gasteiger partial charge is 0.343 e. The van der Waals surface area contributed by atoms with Gasteiger partial charge in [0.25, 0.3) is 0 Å². The Morgan fingerprint density at radius 2 is 1.63 bits per heavy atom.